The molecule has 1 rings (SSSR count). The van der Waals surface area contributed by atoms with Crippen LogP contribution < -0.4 is 5.32 Å². The Labute approximate surface area is 120 Å². The minimum Gasteiger partial charge on any atom is -0.317 e. The van der Waals surface area contributed by atoms with Crippen molar-refractivity contribution in [2.24, 2.45) is 23.2 Å². The molecule has 3 atom stereocenters. The van der Waals surface area contributed by atoms with E-state index < -0.39 is 0 Å². The van der Waals surface area contributed by atoms with Crippen LogP contribution in [-0.4, -0.2) is 13.1 Å². The summed E-state index contributed by atoms with van der Waals surface area (Å²) in [5.41, 5.74) is 0.466. The Morgan fingerprint density at radius 3 is 2.53 bits per heavy atom. The average Bonchev–Trinajstić information content (AvgIpc) is 2.36. The molecule has 0 bridgehead atoms. The predicted octanol–water partition coefficient (Wildman–Crippen LogP) is 4.48. The van der Waals surface area contributed by atoms with Gasteiger partial charge in [0, 0.05) is 6.42 Å². The average molecular weight is 263 g/mol. The van der Waals surface area contributed by atoms with Gasteiger partial charge < -0.3 is 5.32 Å². The van der Waals surface area contributed by atoms with Crippen LogP contribution in [0.1, 0.15) is 66.2 Å². The summed E-state index contributed by atoms with van der Waals surface area (Å²) in [7, 11) is 0. The van der Waals surface area contributed by atoms with Crippen LogP contribution in [-0.2, 0) is 0 Å². The molecular formula is C18H33N. The maximum Gasteiger partial charge on any atom is 0.00861 e. The fourth-order valence-corrected chi connectivity index (χ4v) is 3.53. The van der Waals surface area contributed by atoms with Crippen LogP contribution in [0.4, 0.5) is 0 Å². The van der Waals surface area contributed by atoms with Crippen LogP contribution in [0.25, 0.3) is 0 Å². The van der Waals surface area contributed by atoms with Gasteiger partial charge in [-0.3, -0.25) is 0 Å². The molecule has 0 aromatic heterocycles. The Morgan fingerprint density at radius 2 is 1.95 bits per heavy atom. The molecule has 3 unspecified atom stereocenters. The Hall–Kier alpha value is -0.480. The molecular weight excluding hydrogens is 230 g/mol. The highest BCUT2D eigenvalue weighted by atomic mass is 14.8. The summed E-state index contributed by atoms with van der Waals surface area (Å²) in [6.07, 6.45) is 13.1. The highest BCUT2D eigenvalue weighted by molar-refractivity contribution is 4.88. The maximum atomic E-state index is 5.39. The molecule has 0 aromatic rings. The first-order valence-corrected chi connectivity index (χ1v) is 8.13. The lowest BCUT2D eigenvalue weighted by atomic mass is 9.64. The lowest BCUT2D eigenvalue weighted by Crippen LogP contribution is -2.36. The van der Waals surface area contributed by atoms with Gasteiger partial charge in [-0.25, -0.2) is 0 Å². The smallest absolute Gasteiger partial charge is 0.00861 e. The number of rotatable bonds is 6. The molecule has 0 radical (unpaired) electrons. The van der Waals surface area contributed by atoms with E-state index in [9.17, 15) is 0 Å². The van der Waals surface area contributed by atoms with Gasteiger partial charge in [-0.15, -0.1) is 12.3 Å². The minimum atomic E-state index is 0.466. The normalized spacial score (nSPS) is 28.1. The molecule has 1 fully saturated rings. The van der Waals surface area contributed by atoms with Crippen LogP contribution in [0.5, 0.6) is 0 Å². The van der Waals surface area contributed by atoms with Gasteiger partial charge in [0.15, 0.2) is 0 Å². The summed E-state index contributed by atoms with van der Waals surface area (Å²) >= 11 is 0. The van der Waals surface area contributed by atoms with E-state index in [-0.39, 0.29) is 0 Å². The quantitative estimate of drug-likeness (QED) is 0.550. The van der Waals surface area contributed by atoms with Gasteiger partial charge in [-0.1, -0.05) is 27.7 Å². The Morgan fingerprint density at radius 1 is 1.21 bits per heavy atom. The fourth-order valence-electron chi connectivity index (χ4n) is 3.53. The zero-order valence-corrected chi connectivity index (χ0v) is 13.5. The van der Waals surface area contributed by atoms with Crippen LogP contribution >= 0.6 is 0 Å². The van der Waals surface area contributed by atoms with Crippen molar-refractivity contribution in [3.63, 3.8) is 0 Å². The molecule has 1 aliphatic carbocycles. The zero-order chi connectivity index (χ0) is 14.3. The van der Waals surface area contributed by atoms with Crippen molar-refractivity contribution in [3.05, 3.63) is 0 Å². The summed E-state index contributed by atoms with van der Waals surface area (Å²) in [5, 5.41) is 3.55. The van der Waals surface area contributed by atoms with E-state index >= 15 is 0 Å². The van der Waals surface area contributed by atoms with Crippen molar-refractivity contribution in [1.82, 2.24) is 5.32 Å². The van der Waals surface area contributed by atoms with Gasteiger partial charge in [-0.2, -0.15) is 0 Å². The molecule has 1 aliphatic rings. The van der Waals surface area contributed by atoms with E-state index in [0.717, 1.165) is 30.7 Å². The van der Waals surface area contributed by atoms with Gasteiger partial charge in [0.1, 0.15) is 0 Å². The van der Waals surface area contributed by atoms with E-state index in [1.165, 1.54) is 38.6 Å². The zero-order valence-electron chi connectivity index (χ0n) is 13.5. The van der Waals surface area contributed by atoms with Gasteiger partial charge >= 0.3 is 0 Å². The molecule has 0 saturated heterocycles. The predicted molar refractivity (Wildman–Crippen MR) is 85.0 cm³/mol. The largest absolute Gasteiger partial charge is 0.317 e. The standard InChI is InChI=1S/C18H33N/c1-6-8-9-10-15-13-17(18(3,4)5)12-11-16(15)14-19-7-2/h1,15-17,19H,7-14H2,2-5H3. The molecule has 0 amide bonds. The summed E-state index contributed by atoms with van der Waals surface area (Å²) in [4.78, 5) is 0. The Bertz CT molecular complexity index is 281. The van der Waals surface area contributed by atoms with Gasteiger partial charge in [0.05, 0.1) is 0 Å². The number of nitrogens with one attached hydrogen (secondary N) is 1. The van der Waals surface area contributed by atoms with E-state index in [2.05, 4.69) is 38.9 Å². The summed E-state index contributed by atoms with van der Waals surface area (Å²) in [5.74, 6) is 5.43. The van der Waals surface area contributed by atoms with Crippen LogP contribution in [0.15, 0.2) is 0 Å². The summed E-state index contributed by atoms with van der Waals surface area (Å²) < 4.78 is 0. The molecule has 19 heavy (non-hydrogen) atoms. The van der Waals surface area contributed by atoms with Crippen LogP contribution in [0.2, 0.25) is 0 Å². The molecule has 0 heterocycles. The third-order valence-electron chi connectivity index (χ3n) is 4.92. The Balaban J connectivity index is 2.55. The number of hydrogen-bond acceptors (Lipinski definition) is 1. The Kier molecular flexibility index (Phi) is 6.94. The van der Waals surface area contributed by atoms with E-state index in [1.54, 1.807) is 0 Å². The van der Waals surface area contributed by atoms with Gasteiger partial charge in [-0.05, 0) is 68.4 Å². The molecule has 1 nitrogen and oxygen atoms in total. The van der Waals surface area contributed by atoms with Crippen molar-refractivity contribution >= 4 is 0 Å². The fraction of sp³-hybridized carbons (Fsp3) is 0.889. The first kappa shape index (κ1) is 16.6. The van der Waals surface area contributed by atoms with Crippen molar-refractivity contribution < 1.29 is 0 Å². The number of unbranched alkanes of at least 4 members (excludes halogenated alkanes) is 1. The monoisotopic (exact) mass is 263 g/mol. The molecule has 1 saturated carbocycles. The van der Waals surface area contributed by atoms with Crippen molar-refractivity contribution in [2.75, 3.05) is 13.1 Å². The minimum absolute atomic E-state index is 0.466. The van der Waals surface area contributed by atoms with Gasteiger partial charge in [0.25, 0.3) is 0 Å². The number of terminal acetylenes is 1. The summed E-state index contributed by atoms with van der Waals surface area (Å²) in [6.45, 7) is 11.7. The lowest BCUT2D eigenvalue weighted by molar-refractivity contribution is 0.0919. The molecule has 1 heteroatoms. The van der Waals surface area contributed by atoms with E-state index in [4.69, 9.17) is 6.42 Å². The first-order chi connectivity index (χ1) is 8.99. The summed E-state index contributed by atoms with van der Waals surface area (Å²) in [6, 6.07) is 0. The highest BCUT2D eigenvalue weighted by Crippen LogP contribution is 2.44. The molecule has 0 aliphatic heterocycles. The van der Waals surface area contributed by atoms with Crippen LogP contribution in [0, 0.1) is 35.5 Å². The molecule has 110 valence electrons. The lowest BCUT2D eigenvalue weighted by Gasteiger charge is -2.42. The van der Waals surface area contributed by atoms with E-state index in [0.29, 0.717) is 5.41 Å². The van der Waals surface area contributed by atoms with Crippen molar-refractivity contribution in [3.8, 4) is 12.3 Å². The maximum absolute atomic E-state index is 5.39. The molecule has 0 spiro atoms. The van der Waals surface area contributed by atoms with Crippen molar-refractivity contribution in [2.45, 2.75) is 66.2 Å². The third-order valence-corrected chi connectivity index (χ3v) is 4.92. The topological polar surface area (TPSA) is 12.0 Å². The molecule has 1 N–H and O–H groups in total. The third kappa shape index (κ3) is 5.57. The molecule has 0 aromatic carbocycles. The van der Waals surface area contributed by atoms with E-state index in [1.807, 2.05) is 0 Å². The van der Waals surface area contributed by atoms with Crippen molar-refractivity contribution in [1.29, 1.82) is 0 Å². The van der Waals surface area contributed by atoms with Gasteiger partial charge in [0.2, 0.25) is 0 Å². The SMILES string of the molecule is C#CCCCC1CC(C(C)(C)C)CCC1CNCC. The van der Waals surface area contributed by atoms with Crippen LogP contribution in [0.3, 0.4) is 0 Å². The highest BCUT2D eigenvalue weighted by Gasteiger charge is 2.35. The second-order valence-corrected chi connectivity index (χ2v) is 7.30. The second-order valence-electron chi connectivity index (χ2n) is 7.30. The first-order valence-electron chi connectivity index (χ1n) is 8.13. The second kappa shape index (κ2) is 7.95. The number of hydrogen-bond donors (Lipinski definition) is 1.